The van der Waals surface area contributed by atoms with E-state index in [1.165, 1.54) is 13.2 Å². The smallest absolute Gasteiger partial charge is 0.259 e. The summed E-state index contributed by atoms with van der Waals surface area (Å²) < 4.78 is 12.3. The van der Waals surface area contributed by atoms with Crippen LogP contribution in [-0.4, -0.2) is 48.8 Å². The third-order valence-corrected chi connectivity index (χ3v) is 4.16. The molecule has 21 heavy (non-hydrogen) atoms. The molecule has 2 aliphatic rings. The van der Waals surface area contributed by atoms with Gasteiger partial charge in [0.15, 0.2) is 0 Å². The molecule has 6 nitrogen and oxygen atoms in total. The van der Waals surface area contributed by atoms with Gasteiger partial charge in [0.1, 0.15) is 11.3 Å². The van der Waals surface area contributed by atoms with Crippen LogP contribution in [0, 0.1) is 0 Å². The number of amides is 1. The normalized spacial score (nSPS) is 18.2. The average Bonchev–Trinajstić information content (AvgIpc) is 2.55. The zero-order valence-corrected chi connectivity index (χ0v) is 12.3. The van der Waals surface area contributed by atoms with Gasteiger partial charge in [-0.15, -0.1) is 0 Å². The second-order valence-electron chi connectivity index (χ2n) is 5.39. The molecule has 0 spiro atoms. The van der Waals surface area contributed by atoms with Gasteiger partial charge in [-0.25, -0.2) is 0 Å². The molecular weight excluding hydrogens is 272 g/mol. The molecule has 1 amide bonds. The number of hydrogen-bond donors (Lipinski definition) is 0. The minimum atomic E-state index is -0.0833. The second-order valence-corrected chi connectivity index (χ2v) is 5.39. The molecule has 0 radical (unpaired) electrons. The maximum absolute atomic E-state index is 12.8. The van der Waals surface area contributed by atoms with Gasteiger partial charge in [0, 0.05) is 31.4 Å². The highest BCUT2D eigenvalue weighted by Gasteiger charge is 2.28. The van der Waals surface area contributed by atoms with Crippen LogP contribution in [0.25, 0.3) is 0 Å². The van der Waals surface area contributed by atoms with Crippen LogP contribution in [0.2, 0.25) is 0 Å². The van der Waals surface area contributed by atoms with Gasteiger partial charge in [-0.3, -0.25) is 9.59 Å². The molecule has 0 N–H and O–H groups in total. The van der Waals surface area contributed by atoms with Gasteiger partial charge in [0.25, 0.3) is 11.5 Å². The minimum Gasteiger partial charge on any atom is -0.496 e. The van der Waals surface area contributed by atoms with Crippen molar-refractivity contribution in [2.45, 2.75) is 25.8 Å². The maximum Gasteiger partial charge on any atom is 0.259 e. The predicted octanol–water partition coefficient (Wildman–Crippen LogP) is 0.666. The number of rotatable bonds is 2. The first-order valence-electron chi connectivity index (χ1n) is 7.40. The molecule has 1 aromatic rings. The lowest BCUT2D eigenvalue weighted by atomic mass is 10.0. The average molecular weight is 292 g/mol. The summed E-state index contributed by atoms with van der Waals surface area (Å²) in [5, 5.41) is 0. The van der Waals surface area contributed by atoms with Crippen molar-refractivity contribution in [1.29, 1.82) is 0 Å². The third-order valence-electron chi connectivity index (χ3n) is 4.16. The Labute approximate surface area is 123 Å². The molecule has 1 fully saturated rings. The third kappa shape index (κ3) is 2.55. The highest BCUT2D eigenvalue weighted by Crippen LogP contribution is 2.26. The van der Waals surface area contributed by atoms with E-state index in [1.54, 1.807) is 9.47 Å². The van der Waals surface area contributed by atoms with Crippen molar-refractivity contribution in [2.24, 2.45) is 0 Å². The molecule has 3 heterocycles. The fourth-order valence-corrected chi connectivity index (χ4v) is 3.05. The summed E-state index contributed by atoms with van der Waals surface area (Å²) in [5.74, 6) is 0.338. The minimum absolute atomic E-state index is 0.0548. The van der Waals surface area contributed by atoms with E-state index in [0.717, 1.165) is 25.0 Å². The van der Waals surface area contributed by atoms with Crippen LogP contribution in [0.3, 0.4) is 0 Å². The van der Waals surface area contributed by atoms with Crippen LogP contribution in [0.1, 0.15) is 28.9 Å². The van der Waals surface area contributed by atoms with E-state index in [1.807, 2.05) is 0 Å². The number of fused-ring (bicyclic) bond motifs is 1. The largest absolute Gasteiger partial charge is 0.496 e. The monoisotopic (exact) mass is 292 g/mol. The predicted molar refractivity (Wildman–Crippen MR) is 76.9 cm³/mol. The van der Waals surface area contributed by atoms with Gasteiger partial charge in [0.05, 0.1) is 20.3 Å². The van der Waals surface area contributed by atoms with Gasteiger partial charge in [-0.05, 0) is 19.3 Å². The van der Waals surface area contributed by atoms with Crippen molar-refractivity contribution in [2.75, 3.05) is 33.4 Å². The Morgan fingerprint density at radius 2 is 2.00 bits per heavy atom. The molecule has 0 aromatic carbocycles. The molecule has 0 aliphatic carbocycles. The summed E-state index contributed by atoms with van der Waals surface area (Å²) >= 11 is 0. The number of carbonyl (C=O) groups is 1. The standard InChI is InChI=1S/C15H20N2O4/c1-20-12-10-13(18)17-5-3-2-4-11(17)14(12)15(19)16-6-8-21-9-7-16/h10H,2-9H2,1H3. The number of methoxy groups -OCH3 is 1. The van der Waals surface area contributed by atoms with E-state index in [0.29, 0.717) is 44.2 Å². The highest BCUT2D eigenvalue weighted by molar-refractivity contribution is 5.98. The van der Waals surface area contributed by atoms with Crippen LogP contribution in [0.5, 0.6) is 5.75 Å². The van der Waals surface area contributed by atoms with Gasteiger partial charge in [-0.2, -0.15) is 0 Å². The fraction of sp³-hybridized carbons (Fsp3) is 0.600. The van der Waals surface area contributed by atoms with E-state index in [2.05, 4.69) is 0 Å². The number of morpholine rings is 1. The molecule has 0 unspecified atom stereocenters. The Balaban J connectivity index is 2.07. The Kier molecular flexibility index (Phi) is 3.96. The quantitative estimate of drug-likeness (QED) is 0.803. The topological polar surface area (TPSA) is 60.8 Å². The van der Waals surface area contributed by atoms with Gasteiger partial charge >= 0.3 is 0 Å². The number of hydrogen-bond acceptors (Lipinski definition) is 4. The van der Waals surface area contributed by atoms with Crippen molar-refractivity contribution in [1.82, 2.24) is 9.47 Å². The van der Waals surface area contributed by atoms with Crippen LogP contribution in [-0.2, 0) is 17.7 Å². The molecule has 0 saturated carbocycles. The van der Waals surface area contributed by atoms with E-state index < -0.39 is 0 Å². The van der Waals surface area contributed by atoms with E-state index >= 15 is 0 Å². The van der Waals surface area contributed by atoms with Crippen LogP contribution in [0.15, 0.2) is 10.9 Å². The number of nitrogens with zero attached hydrogens (tertiary/aromatic N) is 2. The summed E-state index contributed by atoms with van der Waals surface area (Å²) in [7, 11) is 1.50. The summed E-state index contributed by atoms with van der Waals surface area (Å²) in [6.45, 7) is 2.97. The second kappa shape index (κ2) is 5.89. The van der Waals surface area contributed by atoms with Gasteiger partial charge in [0.2, 0.25) is 0 Å². The molecular formula is C15H20N2O4. The molecule has 1 saturated heterocycles. The Morgan fingerprint density at radius 1 is 1.24 bits per heavy atom. The molecule has 6 heteroatoms. The summed E-state index contributed by atoms with van der Waals surface area (Å²) in [6, 6.07) is 1.43. The first-order valence-corrected chi connectivity index (χ1v) is 7.40. The summed E-state index contributed by atoms with van der Waals surface area (Å²) in [6.07, 6.45) is 2.72. The number of carbonyl (C=O) groups excluding carboxylic acids is 1. The fourth-order valence-electron chi connectivity index (χ4n) is 3.05. The number of pyridine rings is 1. The molecule has 0 atom stereocenters. The van der Waals surface area contributed by atoms with Crippen molar-refractivity contribution in [3.8, 4) is 5.75 Å². The Hall–Kier alpha value is -1.82. The van der Waals surface area contributed by atoms with Crippen LogP contribution >= 0.6 is 0 Å². The van der Waals surface area contributed by atoms with Crippen molar-refractivity contribution >= 4 is 5.91 Å². The van der Waals surface area contributed by atoms with Crippen molar-refractivity contribution in [3.63, 3.8) is 0 Å². The van der Waals surface area contributed by atoms with Gasteiger partial charge < -0.3 is 18.9 Å². The lowest BCUT2D eigenvalue weighted by molar-refractivity contribution is 0.0299. The van der Waals surface area contributed by atoms with E-state index in [4.69, 9.17) is 9.47 Å². The molecule has 2 aliphatic heterocycles. The molecule has 114 valence electrons. The highest BCUT2D eigenvalue weighted by atomic mass is 16.5. The Morgan fingerprint density at radius 3 is 2.71 bits per heavy atom. The first-order chi connectivity index (χ1) is 10.2. The van der Waals surface area contributed by atoms with Crippen molar-refractivity contribution in [3.05, 3.63) is 27.7 Å². The first kappa shape index (κ1) is 14.1. The van der Waals surface area contributed by atoms with Gasteiger partial charge in [-0.1, -0.05) is 0 Å². The number of aromatic nitrogens is 1. The summed E-state index contributed by atoms with van der Waals surface area (Å²) in [4.78, 5) is 26.7. The van der Waals surface area contributed by atoms with Crippen LogP contribution in [0.4, 0.5) is 0 Å². The molecule has 0 bridgehead atoms. The van der Waals surface area contributed by atoms with E-state index in [9.17, 15) is 9.59 Å². The zero-order valence-electron chi connectivity index (χ0n) is 12.3. The lowest BCUT2D eigenvalue weighted by Gasteiger charge is -2.29. The van der Waals surface area contributed by atoms with Crippen LogP contribution < -0.4 is 10.3 Å². The SMILES string of the molecule is COc1cc(=O)n2c(c1C(=O)N1CCOCC1)CCCC2. The lowest BCUT2D eigenvalue weighted by Crippen LogP contribution is -2.42. The Bertz CT molecular complexity index is 602. The molecule has 3 rings (SSSR count). The zero-order chi connectivity index (χ0) is 14.8. The summed E-state index contributed by atoms with van der Waals surface area (Å²) in [5.41, 5.74) is 1.29. The van der Waals surface area contributed by atoms with E-state index in [-0.39, 0.29) is 11.5 Å². The van der Waals surface area contributed by atoms with Crippen molar-refractivity contribution < 1.29 is 14.3 Å². The molecule has 1 aromatic heterocycles. The maximum atomic E-state index is 12.8. The number of ether oxygens (including phenoxy) is 2.